The minimum atomic E-state index is 0.847. The Balaban J connectivity index is 1.61. The molecule has 0 saturated heterocycles. The molecule has 154 valence electrons. The van der Waals surface area contributed by atoms with Crippen molar-refractivity contribution >= 4 is 54.9 Å². The van der Waals surface area contributed by atoms with Crippen LogP contribution >= 0.6 is 0 Å². The van der Waals surface area contributed by atoms with Crippen molar-refractivity contribution in [2.45, 2.75) is 6.92 Å². The van der Waals surface area contributed by atoms with Crippen LogP contribution in [0.3, 0.4) is 0 Å². The van der Waals surface area contributed by atoms with Gasteiger partial charge < -0.3 is 8.83 Å². The van der Waals surface area contributed by atoms with Crippen LogP contribution in [0.15, 0.2) is 81.6 Å². The summed E-state index contributed by atoms with van der Waals surface area (Å²) in [6, 6.07) is 25.3. The highest BCUT2D eigenvalue weighted by atomic mass is 16.3. The smallest absolute Gasteiger partial charge is 0.293 e. The van der Waals surface area contributed by atoms with Gasteiger partial charge in [-0.05, 0) is 36.8 Å². The fourth-order valence-electron chi connectivity index (χ4n) is 5.25. The zero-order chi connectivity index (χ0) is 21.6. The lowest BCUT2D eigenvalue weighted by Crippen LogP contribution is -2.30. The van der Waals surface area contributed by atoms with E-state index < -0.39 is 0 Å². The van der Waals surface area contributed by atoms with Crippen molar-refractivity contribution in [3.05, 3.63) is 78.4 Å². The van der Waals surface area contributed by atoms with Gasteiger partial charge in [0.05, 0.1) is 14.1 Å². The number of furan rings is 2. The van der Waals surface area contributed by atoms with Gasteiger partial charge in [-0.2, -0.15) is 0 Å². The number of aryl methyl sites for hydroxylation is 3. The number of para-hydroxylation sites is 3. The normalized spacial score (nSPS) is 12.2. The van der Waals surface area contributed by atoms with Gasteiger partial charge in [0.25, 0.3) is 5.82 Å². The average molecular weight is 417 g/mol. The van der Waals surface area contributed by atoms with Crippen LogP contribution in [-0.4, -0.2) is 4.57 Å². The molecule has 0 radical (unpaired) electrons. The molecule has 0 saturated carbocycles. The standard InChI is InChI=1S/C28H21N2O2/c1-16-12-13-18-20-14-19-17-8-4-7-11-23(17)31-24(19)15-25(20)32-27(18)26(16)28-29(2)21-9-5-6-10-22(21)30(28)3/h4-15H,1-3H3/q+1. The molecule has 0 spiro atoms. The van der Waals surface area contributed by atoms with E-state index in [9.17, 15) is 0 Å². The fraction of sp³-hybridized carbons (Fsp3) is 0.107. The van der Waals surface area contributed by atoms with Crippen molar-refractivity contribution < 1.29 is 13.4 Å². The number of nitrogens with zero attached hydrogens (tertiary/aromatic N) is 2. The van der Waals surface area contributed by atoms with Gasteiger partial charge in [-0.3, -0.25) is 0 Å². The number of hydrogen-bond acceptors (Lipinski definition) is 2. The zero-order valence-electron chi connectivity index (χ0n) is 18.1. The highest BCUT2D eigenvalue weighted by molar-refractivity contribution is 6.16. The second-order valence-electron chi connectivity index (χ2n) is 8.61. The Labute approximate surface area is 183 Å². The third-order valence-corrected chi connectivity index (χ3v) is 6.81. The highest BCUT2D eigenvalue weighted by Crippen LogP contribution is 2.40. The lowest BCUT2D eigenvalue weighted by molar-refractivity contribution is -0.634. The summed E-state index contributed by atoms with van der Waals surface area (Å²) in [7, 11) is 4.25. The number of hydrogen-bond donors (Lipinski definition) is 0. The Morgan fingerprint density at radius 3 is 2.34 bits per heavy atom. The van der Waals surface area contributed by atoms with E-state index in [1.807, 2.05) is 18.2 Å². The summed E-state index contributed by atoms with van der Waals surface area (Å²) in [6.07, 6.45) is 0. The van der Waals surface area contributed by atoms with E-state index in [4.69, 9.17) is 8.83 Å². The Kier molecular flexibility index (Phi) is 3.31. The fourth-order valence-corrected chi connectivity index (χ4v) is 5.25. The summed E-state index contributed by atoms with van der Waals surface area (Å²) in [5.41, 5.74) is 8.22. The van der Waals surface area contributed by atoms with Gasteiger partial charge in [-0.1, -0.05) is 42.5 Å². The number of aromatic nitrogens is 2. The summed E-state index contributed by atoms with van der Waals surface area (Å²) in [5, 5.41) is 4.49. The first-order valence-corrected chi connectivity index (χ1v) is 10.8. The molecule has 0 aliphatic rings. The van der Waals surface area contributed by atoms with E-state index in [2.05, 4.69) is 84.8 Å². The molecule has 7 aromatic rings. The zero-order valence-corrected chi connectivity index (χ0v) is 18.1. The molecule has 0 N–H and O–H groups in total. The molecule has 0 amide bonds. The van der Waals surface area contributed by atoms with Crippen LogP contribution in [0, 0.1) is 6.92 Å². The third kappa shape index (κ3) is 2.14. The minimum Gasteiger partial charge on any atom is -0.456 e. The van der Waals surface area contributed by atoms with Crippen molar-refractivity contribution in [3.63, 3.8) is 0 Å². The molecular formula is C28H21N2O2+. The molecule has 32 heavy (non-hydrogen) atoms. The summed E-state index contributed by atoms with van der Waals surface area (Å²) >= 11 is 0. The second-order valence-corrected chi connectivity index (χ2v) is 8.61. The molecule has 0 fully saturated rings. The van der Waals surface area contributed by atoms with E-state index in [-0.39, 0.29) is 0 Å². The molecule has 3 aromatic heterocycles. The third-order valence-electron chi connectivity index (χ3n) is 6.81. The molecule has 3 heterocycles. The molecule has 0 bridgehead atoms. The first-order chi connectivity index (χ1) is 15.6. The average Bonchev–Trinajstić information content (AvgIpc) is 3.43. The van der Waals surface area contributed by atoms with Crippen LogP contribution in [0.5, 0.6) is 0 Å². The summed E-state index contributed by atoms with van der Waals surface area (Å²) in [6.45, 7) is 2.15. The molecule has 4 heteroatoms. The minimum absolute atomic E-state index is 0.847. The quantitative estimate of drug-likeness (QED) is 0.276. The summed E-state index contributed by atoms with van der Waals surface area (Å²) in [4.78, 5) is 0. The predicted octanol–water partition coefficient (Wildman–Crippen LogP) is 6.78. The van der Waals surface area contributed by atoms with E-state index in [0.717, 1.165) is 55.3 Å². The Bertz CT molecular complexity index is 1820. The Morgan fingerprint density at radius 1 is 0.719 bits per heavy atom. The van der Waals surface area contributed by atoms with Gasteiger partial charge in [0, 0.05) is 27.6 Å². The summed E-state index contributed by atoms with van der Waals surface area (Å²) in [5.74, 6) is 1.13. The second kappa shape index (κ2) is 6.01. The van der Waals surface area contributed by atoms with Crippen LogP contribution in [-0.2, 0) is 14.1 Å². The first kappa shape index (κ1) is 17.6. The van der Waals surface area contributed by atoms with Crippen LogP contribution in [0.1, 0.15) is 5.56 Å². The largest absolute Gasteiger partial charge is 0.456 e. The van der Waals surface area contributed by atoms with Gasteiger partial charge >= 0.3 is 0 Å². The SMILES string of the molecule is Cc1ccc2c(oc3cc4oc5ccccc5c4cc32)c1-c1n(C)c2ccccc2[n+]1C. The van der Waals surface area contributed by atoms with Crippen LogP contribution in [0.4, 0.5) is 0 Å². The van der Waals surface area contributed by atoms with Crippen molar-refractivity contribution in [2.24, 2.45) is 14.1 Å². The van der Waals surface area contributed by atoms with E-state index in [1.165, 1.54) is 16.6 Å². The maximum Gasteiger partial charge on any atom is 0.293 e. The Morgan fingerprint density at radius 2 is 1.47 bits per heavy atom. The number of benzene rings is 4. The lowest BCUT2D eigenvalue weighted by atomic mass is 10.0. The van der Waals surface area contributed by atoms with E-state index in [1.54, 1.807) is 0 Å². The maximum absolute atomic E-state index is 6.54. The van der Waals surface area contributed by atoms with Crippen LogP contribution < -0.4 is 4.57 Å². The van der Waals surface area contributed by atoms with E-state index >= 15 is 0 Å². The van der Waals surface area contributed by atoms with Gasteiger partial charge in [0.1, 0.15) is 22.3 Å². The number of imidazole rings is 1. The van der Waals surface area contributed by atoms with Crippen molar-refractivity contribution in [1.29, 1.82) is 0 Å². The topological polar surface area (TPSA) is 35.1 Å². The Hall–Kier alpha value is -4.05. The lowest BCUT2D eigenvalue weighted by Gasteiger charge is -2.04. The van der Waals surface area contributed by atoms with Crippen LogP contribution in [0.2, 0.25) is 0 Å². The molecule has 0 aliphatic heterocycles. The molecule has 0 aliphatic carbocycles. The van der Waals surface area contributed by atoms with E-state index in [0.29, 0.717) is 0 Å². The monoisotopic (exact) mass is 417 g/mol. The van der Waals surface area contributed by atoms with Crippen molar-refractivity contribution in [1.82, 2.24) is 4.57 Å². The van der Waals surface area contributed by atoms with Crippen LogP contribution in [0.25, 0.3) is 66.3 Å². The molecular weight excluding hydrogens is 396 g/mol. The molecule has 0 atom stereocenters. The highest BCUT2D eigenvalue weighted by Gasteiger charge is 2.27. The predicted molar refractivity (Wildman–Crippen MR) is 129 cm³/mol. The van der Waals surface area contributed by atoms with Gasteiger partial charge in [-0.25, -0.2) is 9.13 Å². The van der Waals surface area contributed by atoms with Crippen molar-refractivity contribution in [3.8, 4) is 11.4 Å². The maximum atomic E-state index is 6.54. The van der Waals surface area contributed by atoms with Gasteiger partial charge in [0.2, 0.25) is 0 Å². The van der Waals surface area contributed by atoms with Crippen molar-refractivity contribution in [2.75, 3.05) is 0 Å². The number of rotatable bonds is 1. The molecule has 4 aromatic carbocycles. The summed E-state index contributed by atoms with van der Waals surface area (Å²) < 4.78 is 17.2. The molecule has 4 nitrogen and oxygen atoms in total. The number of fused-ring (bicyclic) bond motifs is 7. The first-order valence-electron chi connectivity index (χ1n) is 10.8. The van der Waals surface area contributed by atoms with Gasteiger partial charge in [-0.15, -0.1) is 0 Å². The molecule has 0 unspecified atom stereocenters. The molecule has 7 rings (SSSR count). The van der Waals surface area contributed by atoms with Gasteiger partial charge in [0.15, 0.2) is 16.6 Å².